The molecule has 0 saturated heterocycles. The number of nitrogens with one attached hydrogen (secondary N) is 1. The van der Waals surface area contributed by atoms with E-state index in [1.54, 1.807) is 13.0 Å². The number of benzene rings is 2. The topological polar surface area (TPSA) is 20.7 Å². The number of fused-ring (bicyclic) bond motifs is 1. The van der Waals surface area contributed by atoms with E-state index in [0.29, 0.717) is 11.3 Å². The smallest absolute Gasteiger partial charge is 0.182 e. The third kappa shape index (κ3) is 1.84. The molecular formula is C14H9F3N2S. The van der Waals surface area contributed by atoms with Crippen LogP contribution in [0.5, 0.6) is 0 Å². The Bertz CT molecular complexity index is 880. The third-order valence-corrected chi connectivity index (χ3v) is 3.47. The van der Waals surface area contributed by atoms with Gasteiger partial charge in [0.05, 0.1) is 11.2 Å². The minimum absolute atomic E-state index is 0.0973. The summed E-state index contributed by atoms with van der Waals surface area (Å²) in [5.74, 6) is -1.86. The van der Waals surface area contributed by atoms with Crippen molar-refractivity contribution >= 4 is 23.3 Å². The van der Waals surface area contributed by atoms with E-state index in [9.17, 15) is 13.2 Å². The van der Waals surface area contributed by atoms with Crippen LogP contribution in [-0.4, -0.2) is 9.55 Å². The summed E-state index contributed by atoms with van der Waals surface area (Å²) >= 11 is 5.14. The lowest BCUT2D eigenvalue weighted by molar-refractivity contribution is 0.590. The Balaban J connectivity index is 2.45. The molecule has 3 rings (SSSR count). The highest BCUT2D eigenvalue weighted by Crippen LogP contribution is 2.25. The van der Waals surface area contributed by atoms with E-state index < -0.39 is 17.5 Å². The fourth-order valence-corrected chi connectivity index (χ4v) is 2.51. The molecule has 1 N–H and O–H groups in total. The van der Waals surface area contributed by atoms with Crippen molar-refractivity contribution in [1.82, 2.24) is 9.55 Å². The molecule has 0 spiro atoms. The summed E-state index contributed by atoms with van der Waals surface area (Å²) in [6, 6.07) is 6.42. The predicted molar refractivity (Wildman–Crippen MR) is 73.1 cm³/mol. The molecule has 20 heavy (non-hydrogen) atoms. The molecule has 0 fully saturated rings. The Morgan fingerprint density at radius 3 is 2.60 bits per heavy atom. The molecule has 0 radical (unpaired) electrons. The van der Waals surface area contributed by atoms with E-state index in [2.05, 4.69) is 4.98 Å². The van der Waals surface area contributed by atoms with Gasteiger partial charge in [-0.05, 0) is 31.3 Å². The first-order valence-electron chi connectivity index (χ1n) is 5.84. The van der Waals surface area contributed by atoms with Crippen molar-refractivity contribution in [3.8, 4) is 5.69 Å². The fraction of sp³-hybridized carbons (Fsp3) is 0.0714. The second kappa shape index (κ2) is 4.49. The molecule has 6 heteroatoms. The van der Waals surface area contributed by atoms with Crippen molar-refractivity contribution in [1.29, 1.82) is 0 Å². The normalized spacial score (nSPS) is 11.2. The Hall–Kier alpha value is -2.08. The van der Waals surface area contributed by atoms with Crippen molar-refractivity contribution in [3.05, 3.63) is 58.1 Å². The predicted octanol–water partition coefficient (Wildman–Crippen LogP) is 4.41. The van der Waals surface area contributed by atoms with Crippen LogP contribution in [-0.2, 0) is 0 Å². The van der Waals surface area contributed by atoms with Crippen molar-refractivity contribution in [2.24, 2.45) is 0 Å². The van der Waals surface area contributed by atoms with Gasteiger partial charge in [0, 0.05) is 17.7 Å². The van der Waals surface area contributed by atoms with Crippen LogP contribution in [0, 0.1) is 29.1 Å². The van der Waals surface area contributed by atoms with Gasteiger partial charge < -0.3 is 4.98 Å². The van der Waals surface area contributed by atoms with Crippen molar-refractivity contribution < 1.29 is 13.2 Å². The molecule has 0 saturated carbocycles. The fourth-order valence-electron chi connectivity index (χ4n) is 2.21. The van der Waals surface area contributed by atoms with Crippen LogP contribution < -0.4 is 0 Å². The summed E-state index contributed by atoms with van der Waals surface area (Å²) in [7, 11) is 0. The number of nitrogens with zero attached hydrogens (tertiary/aromatic N) is 1. The summed E-state index contributed by atoms with van der Waals surface area (Å²) in [6.45, 7) is 1.58. The molecule has 1 heterocycles. The van der Waals surface area contributed by atoms with Gasteiger partial charge in [0.15, 0.2) is 10.6 Å². The maximum atomic E-state index is 13.7. The monoisotopic (exact) mass is 294 g/mol. The SMILES string of the molecule is Cc1c(F)cccc1-n1c(=S)[nH]c2c(F)cc(F)cc21. The molecule has 0 bridgehead atoms. The molecule has 2 aromatic carbocycles. The lowest BCUT2D eigenvalue weighted by Crippen LogP contribution is -1.99. The zero-order valence-corrected chi connectivity index (χ0v) is 11.2. The largest absolute Gasteiger partial charge is 0.328 e. The van der Waals surface area contributed by atoms with E-state index in [4.69, 9.17) is 12.2 Å². The highest BCUT2D eigenvalue weighted by atomic mass is 32.1. The number of aromatic nitrogens is 2. The van der Waals surface area contributed by atoms with E-state index >= 15 is 0 Å². The third-order valence-electron chi connectivity index (χ3n) is 3.19. The molecule has 0 aliphatic carbocycles. The van der Waals surface area contributed by atoms with E-state index in [-0.39, 0.29) is 15.8 Å². The number of hydrogen-bond acceptors (Lipinski definition) is 1. The summed E-state index contributed by atoms with van der Waals surface area (Å²) < 4.78 is 42.4. The molecule has 2 nitrogen and oxygen atoms in total. The quantitative estimate of drug-likeness (QED) is 0.659. The van der Waals surface area contributed by atoms with Gasteiger partial charge in [0.25, 0.3) is 0 Å². The van der Waals surface area contributed by atoms with Crippen LogP contribution in [0.2, 0.25) is 0 Å². The van der Waals surface area contributed by atoms with Gasteiger partial charge in [-0.3, -0.25) is 4.57 Å². The second-order valence-electron chi connectivity index (χ2n) is 4.43. The van der Waals surface area contributed by atoms with Crippen LogP contribution in [0.3, 0.4) is 0 Å². The zero-order chi connectivity index (χ0) is 14.4. The maximum absolute atomic E-state index is 13.7. The molecule has 1 aromatic heterocycles. The van der Waals surface area contributed by atoms with Crippen LogP contribution in [0.25, 0.3) is 16.7 Å². The van der Waals surface area contributed by atoms with Crippen molar-refractivity contribution in [3.63, 3.8) is 0 Å². The maximum Gasteiger partial charge on any atom is 0.182 e. The van der Waals surface area contributed by atoms with Crippen LogP contribution in [0.1, 0.15) is 5.56 Å². The van der Waals surface area contributed by atoms with Gasteiger partial charge >= 0.3 is 0 Å². The number of rotatable bonds is 1. The zero-order valence-electron chi connectivity index (χ0n) is 10.4. The number of H-pyrrole nitrogens is 1. The number of aromatic amines is 1. The summed E-state index contributed by atoms with van der Waals surface area (Å²) in [5.41, 5.74) is 1.14. The Morgan fingerprint density at radius 2 is 1.85 bits per heavy atom. The molecule has 3 aromatic rings. The lowest BCUT2D eigenvalue weighted by atomic mass is 10.2. The van der Waals surface area contributed by atoms with Gasteiger partial charge in [0.1, 0.15) is 17.2 Å². The van der Waals surface area contributed by atoms with Crippen molar-refractivity contribution in [2.45, 2.75) is 6.92 Å². The van der Waals surface area contributed by atoms with E-state index in [1.807, 2.05) is 0 Å². The van der Waals surface area contributed by atoms with Gasteiger partial charge in [0.2, 0.25) is 0 Å². The van der Waals surface area contributed by atoms with Gasteiger partial charge in [-0.25, -0.2) is 13.2 Å². The molecule has 0 atom stereocenters. The molecule has 0 unspecified atom stereocenters. The Labute approximate surface area is 117 Å². The summed E-state index contributed by atoms with van der Waals surface area (Å²) in [4.78, 5) is 2.68. The van der Waals surface area contributed by atoms with Gasteiger partial charge in [-0.1, -0.05) is 6.07 Å². The van der Waals surface area contributed by atoms with E-state index in [0.717, 1.165) is 12.1 Å². The Morgan fingerprint density at radius 1 is 1.10 bits per heavy atom. The first-order valence-corrected chi connectivity index (χ1v) is 6.25. The standard InChI is InChI=1S/C14H9F3N2S/c1-7-9(16)3-2-4-11(7)19-12-6-8(15)5-10(17)13(12)18-14(19)20/h2-6H,1H3,(H,18,20). The lowest BCUT2D eigenvalue weighted by Gasteiger charge is -2.09. The first kappa shape index (κ1) is 12.9. The van der Waals surface area contributed by atoms with Crippen LogP contribution >= 0.6 is 12.2 Å². The number of halogens is 3. The average molecular weight is 294 g/mol. The highest BCUT2D eigenvalue weighted by Gasteiger charge is 2.14. The van der Waals surface area contributed by atoms with E-state index in [1.165, 1.54) is 16.7 Å². The molecule has 0 aliphatic rings. The average Bonchev–Trinajstić information content (AvgIpc) is 2.70. The molecule has 102 valence electrons. The number of hydrogen-bond donors (Lipinski definition) is 1. The first-order chi connectivity index (χ1) is 9.49. The second-order valence-corrected chi connectivity index (χ2v) is 4.82. The van der Waals surface area contributed by atoms with Crippen molar-refractivity contribution in [2.75, 3.05) is 0 Å². The summed E-state index contributed by atoms with van der Waals surface area (Å²) in [5, 5.41) is 0. The molecular weight excluding hydrogens is 285 g/mol. The van der Waals surface area contributed by atoms with Gasteiger partial charge in [-0.2, -0.15) is 0 Å². The molecule has 0 amide bonds. The molecule has 0 aliphatic heterocycles. The van der Waals surface area contributed by atoms with Gasteiger partial charge in [-0.15, -0.1) is 0 Å². The van der Waals surface area contributed by atoms with Crippen LogP contribution in [0.4, 0.5) is 13.2 Å². The van der Waals surface area contributed by atoms with Crippen LogP contribution in [0.15, 0.2) is 30.3 Å². The minimum atomic E-state index is -0.737. The number of imidazole rings is 1. The minimum Gasteiger partial charge on any atom is -0.328 e. The highest BCUT2D eigenvalue weighted by molar-refractivity contribution is 7.71. The Kier molecular flexibility index (Phi) is 2.90. The summed E-state index contributed by atoms with van der Waals surface area (Å²) in [6.07, 6.45) is 0.